The number of benzene rings is 2. The highest BCUT2D eigenvalue weighted by atomic mass is 16.5. The van der Waals surface area contributed by atoms with Gasteiger partial charge in [-0.25, -0.2) is 4.98 Å². The Balaban J connectivity index is 1.67. The lowest BCUT2D eigenvalue weighted by Gasteiger charge is -2.26. The maximum Gasteiger partial charge on any atom is 0.163 e. The van der Waals surface area contributed by atoms with Gasteiger partial charge >= 0.3 is 0 Å². The number of nitrogens with zero attached hydrogens (tertiary/aromatic N) is 2. The van der Waals surface area contributed by atoms with E-state index in [2.05, 4.69) is 31.0 Å². The van der Waals surface area contributed by atoms with Gasteiger partial charge in [-0.1, -0.05) is 44.2 Å². The van der Waals surface area contributed by atoms with Gasteiger partial charge in [0.25, 0.3) is 0 Å². The third-order valence-corrected chi connectivity index (χ3v) is 5.59. The van der Waals surface area contributed by atoms with E-state index >= 15 is 0 Å². The zero-order valence-electron chi connectivity index (χ0n) is 18.3. The van der Waals surface area contributed by atoms with Crippen molar-refractivity contribution in [2.45, 2.75) is 52.4 Å². The van der Waals surface area contributed by atoms with Crippen LogP contribution >= 0.6 is 0 Å². The molecule has 0 saturated heterocycles. The van der Waals surface area contributed by atoms with Crippen molar-refractivity contribution < 1.29 is 14.3 Å². The molecule has 1 aromatic heterocycles. The van der Waals surface area contributed by atoms with Crippen molar-refractivity contribution >= 4 is 5.78 Å². The van der Waals surface area contributed by atoms with Crippen LogP contribution in [0.3, 0.4) is 0 Å². The lowest BCUT2D eigenvalue weighted by Crippen LogP contribution is -2.19. The van der Waals surface area contributed by atoms with Crippen LogP contribution in [-0.4, -0.2) is 21.9 Å². The molecular formula is C26H30N2O3. The SMILES string of the molecule is CC(C)COCc1c(O[C@H](Cn2ccnc2)c2ccccc2)ccc2c1CCCC2=O. The lowest BCUT2D eigenvalue weighted by molar-refractivity contribution is 0.0907. The van der Waals surface area contributed by atoms with Crippen LogP contribution in [0, 0.1) is 5.92 Å². The highest BCUT2D eigenvalue weighted by Crippen LogP contribution is 2.35. The van der Waals surface area contributed by atoms with Gasteiger partial charge in [-0.2, -0.15) is 0 Å². The van der Waals surface area contributed by atoms with E-state index in [0.717, 1.165) is 40.8 Å². The molecule has 1 heterocycles. The van der Waals surface area contributed by atoms with Gasteiger partial charge in [0.2, 0.25) is 0 Å². The van der Waals surface area contributed by atoms with Crippen molar-refractivity contribution in [3.05, 3.63) is 83.4 Å². The normalized spacial score (nSPS) is 14.5. The Hall–Kier alpha value is -2.92. The molecule has 0 spiro atoms. The molecule has 0 bridgehead atoms. The van der Waals surface area contributed by atoms with Crippen molar-refractivity contribution in [3.63, 3.8) is 0 Å². The van der Waals surface area contributed by atoms with E-state index in [9.17, 15) is 4.79 Å². The van der Waals surface area contributed by atoms with Crippen molar-refractivity contribution in [2.75, 3.05) is 6.61 Å². The van der Waals surface area contributed by atoms with Gasteiger partial charge in [0.1, 0.15) is 11.9 Å². The number of hydrogen-bond donors (Lipinski definition) is 0. The smallest absolute Gasteiger partial charge is 0.163 e. The van der Waals surface area contributed by atoms with Crippen LogP contribution < -0.4 is 4.74 Å². The fourth-order valence-electron chi connectivity index (χ4n) is 4.06. The monoisotopic (exact) mass is 418 g/mol. The summed E-state index contributed by atoms with van der Waals surface area (Å²) in [4.78, 5) is 16.7. The Labute approximate surface area is 184 Å². The predicted molar refractivity (Wildman–Crippen MR) is 120 cm³/mol. The number of ether oxygens (including phenoxy) is 2. The number of rotatable bonds is 9. The minimum atomic E-state index is -0.184. The summed E-state index contributed by atoms with van der Waals surface area (Å²) in [5.74, 6) is 1.46. The summed E-state index contributed by atoms with van der Waals surface area (Å²) in [6.07, 6.45) is 7.72. The van der Waals surface area contributed by atoms with Crippen LogP contribution in [0.2, 0.25) is 0 Å². The second kappa shape index (κ2) is 9.92. The average molecular weight is 419 g/mol. The van der Waals surface area contributed by atoms with Gasteiger partial charge in [-0.3, -0.25) is 4.79 Å². The quantitative estimate of drug-likeness (QED) is 0.467. The molecule has 5 nitrogen and oxygen atoms in total. The maximum atomic E-state index is 12.5. The van der Waals surface area contributed by atoms with Crippen LogP contribution in [0.1, 0.15) is 59.8 Å². The minimum absolute atomic E-state index is 0.184. The molecule has 1 aliphatic carbocycles. The molecule has 1 atom stereocenters. The zero-order chi connectivity index (χ0) is 21.6. The molecule has 0 unspecified atom stereocenters. The molecule has 4 rings (SSSR count). The van der Waals surface area contributed by atoms with Gasteiger partial charge in [0, 0.05) is 36.5 Å². The summed E-state index contributed by atoms with van der Waals surface area (Å²) in [6, 6.07) is 14.1. The van der Waals surface area contributed by atoms with E-state index < -0.39 is 0 Å². The van der Waals surface area contributed by atoms with Gasteiger partial charge in [0.15, 0.2) is 5.78 Å². The molecule has 5 heteroatoms. The zero-order valence-corrected chi connectivity index (χ0v) is 18.3. The van der Waals surface area contributed by atoms with E-state index in [-0.39, 0.29) is 11.9 Å². The van der Waals surface area contributed by atoms with E-state index in [1.165, 1.54) is 0 Å². The Morgan fingerprint density at radius 2 is 1.94 bits per heavy atom. The van der Waals surface area contributed by atoms with Gasteiger partial charge < -0.3 is 14.0 Å². The number of hydrogen-bond acceptors (Lipinski definition) is 4. The van der Waals surface area contributed by atoms with Crippen molar-refractivity contribution in [3.8, 4) is 5.75 Å². The number of ketones is 1. The third-order valence-electron chi connectivity index (χ3n) is 5.59. The van der Waals surface area contributed by atoms with Gasteiger partial charge in [0.05, 0.1) is 19.5 Å². The molecule has 3 aromatic rings. The van der Waals surface area contributed by atoms with E-state index in [0.29, 0.717) is 32.1 Å². The molecule has 0 saturated carbocycles. The molecule has 0 amide bonds. The van der Waals surface area contributed by atoms with Crippen molar-refractivity contribution in [1.82, 2.24) is 9.55 Å². The largest absolute Gasteiger partial charge is 0.483 e. The lowest BCUT2D eigenvalue weighted by atomic mass is 9.87. The topological polar surface area (TPSA) is 53.4 Å². The minimum Gasteiger partial charge on any atom is -0.483 e. The third kappa shape index (κ3) is 5.23. The molecule has 1 aliphatic rings. The van der Waals surface area contributed by atoms with Gasteiger partial charge in [-0.05, 0) is 42.0 Å². The summed E-state index contributed by atoms with van der Waals surface area (Å²) < 4.78 is 14.7. The summed E-state index contributed by atoms with van der Waals surface area (Å²) >= 11 is 0. The Bertz CT molecular complexity index is 997. The van der Waals surface area contributed by atoms with Gasteiger partial charge in [-0.15, -0.1) is 0 Å². The second-order valence-corrected chi connectivity index (χ2v) is 8.53. The first-order valence-corrected chi connectivity index (χ1v) is 11.0. The van der Waals surface area contributed by atoms with Crippen LogP contribution in [0.15, 0.2) is 61.2 Å². The number of fused-ring (bicyclic) bond motifs is 1. The predicted octanol–water partition coefficient (Wildman–Crippen LogP) is 5.40. The molecule has 162 valence electrons. The molecular weight excluding hydrogens is 388 g/mol. The Morgan fingerprint density at radius 3 is 2.68 bits per heavy atom. The molecule has 0 fully saturated rings. The molecule has 0 N–H and O–H groups in total. The fourth-order valence-corrected chi connectivity index (χ4v) is 4.06. The number of Topliss-reactive ketones (excluding diaryl/α,β-unsaturated/α-hetero) is 1. The summed E-state index contributed by atoms with van der Waals surface area (Å²) in [6.45, 7) is 6.05. The standard InChI is InChI=1S/C26H30N2O3/c1-19(2)16-30-17-23-21-9-6-10-24(29)22(21)11-12-25(23)31-26(15-28-14-13-27-18-28)20-7-4-3-5-8-20/h3-5,7-8,11-14,18-19,26H,6,9-10,15-17H2,1-2H3/t26-/m1/s1. The van der Waals surface area contributed by atoms with Crippen LogP contribution in [-0.2, 0) is 24.3 Å². The molecule has 2 aromatic carbocycles. The van der Waals surface area contributed by atoms with E-state index in [1.807, 2.05) is 41.1 Å². The summed E-state index contributed by atoms with van der Waals surface area (Å²) in [5, 5.41) is 0. The Kier molecular flexibility index (Phi) is 6.82. The first-order chi connectivity index (χ1) is 15.1. The van der Waals surface area contributed by atoms with Crippen LogP contribution in [0.4, 0.5) is 0 Å². The second-order valence-electron chi connectivity index (χ2n) is 8.53. The maximum absolute atomic E-state index is 12.5. The molecule has 0 radical (unpaired) electrons. The summed E-state index contributed by atoms with van der Waals surface area (Å²) in [5.41, 5.74) is 4.02. The Morgan fingerprint density at radius 1 is 1.10 bits per heavy atom. The van der Waals surface area contributed by atoms with Crippen molar-refractivity contribution in [1.29, 1.82) is 0 Å². The van der Waals surface area contributed by atoms with E-state index in [4.69, 9.17) is 9.47 Å². The van der Waals surface area contributed by atoms with E-state index in [1.54, 1.807) is 12.5 Å². The number of carbonyl (C=O) groups is 1. The first kappa shape index (κ1) is 21.3. The molecule has 31 heavy (non-hydrogen) atoms. The van der Waals surface area contributed by atoms with Crippen LogP contribution in [0.25, 0.3) is 0 Å². The number of imidazole rings is 1. The summed E-state index contributed by atoms with van der Waals surface area (Å²) in [7, 11) is 0. The number of aromatic nitrogens is 2. The fraction of sp³-hybridized carbons (Fsp3) is 0.385. The molecule has 0 aliphatic heterocycles. The number of carbonyl (C=O) groups excluding carboxylic acids is 1. The first-order valence-electron chi connectivity index (χ1n) is 11.0. The highest BCUT2D eigenvalue weighted by Gasteiger charge is 2.24. The van der Waals surface area contributed by atoms with Crippen LogP contribution in [0.5, 0.6) is 5.75 Å². The van der Waals surface area contributed by atoms with Crippen molar-refractivity contribution in [2.24, 2.45) is 5.92 Å². The highest BCUT2D eigenvalue weighted by molar-refractivity contribution is 5.99. The average Bonchev–Trinajstić information content (AvgIpc) is 3.28.